The lowest BCUT2D eigenvalue weighted by molar-refractivity contribution is -0.143. The molecule has 1 saturated carbocycles. The molecule has 6 nitrogen and oxygen atoms in total. The molecule has 1 aromatic carbocycles. The summed E-state index contributed by atoms with van der Waals surface area (Å²) in [4.78, 5) is 28.8. The highest BCUT2D eigenvalue weighted by atomic mass is 79.9. The lowest BCUT2D eigenvalue weighted by Gasteiger charge is -2.43. The normalized spacial score (nSPS) is 20.3. The van der Waals surface area contributed by atoms with E-state index in [4.69, 9.17) is 0 Å². The van der Waals surface area contributed by atoms with E-state index in [-0.39, 0.29) is 11.9 Å². The van der Waals surface area contributed by atoms with Gasteiger partial charge in [0.25, 0.3) is 0 Å². The molecule has 2 amide bonds. The second-order valence-corrected chi connectivity index (χ2v) is 9.95. The summed E-state index contributed by atoms with van der Waals surface area (Å²) in [7, 11) is 0. The zero-order valence-corrected chi connectivity index (χ0v) is 20.0. The molecule has 3 rings (SSSR count). The monoisotopic (exact) mass is 494 g/mol. The number of benzene rings is 1. The number of carboxylic acid groups (broad SMARTS) is 1. The van der Waals surface area contributed by atoms with Crippen LogP contribution in [-0.4, -0.2) is 63.3 Å². The lowest BCUT2D eigenvalue weighted by atomic mass is 9.72. The molecular weight excluding hydrogens is 460 g/mol. The van der Waals surface area contributed by atoms with Crippen LogP contribution in [0.4, 0.5) is 4.79 Å². The molecule has 0 aromatic heterocycles. The van der Waals surface area contributed by atoms with Gasteiger partial charge >= 0.3 is 6.09 Å². The van der Waals surface area contributed by atoms with E-state index in [1.165, 1.54) is 0 Å². The summed E-state index contributed by atoms with van der Waals surface area (Å²) in [6, 6.07) is 7.67. The summed E-state index contributed by atoms with van der Waals surface area (Å²) in [6.45, 7) is 3.66. The molecule has 1 unspecified atom stereocenters. The predicted octanol–water partition coefficient (Wildman–Crippen LogP) is 5.00. The highest BCUT2D eigenvalue weighted by Crippen LogP contribution is 2.42. The third kappa shape index (κ3) is 5.80. The number of rotatable bonds is 7. The van der Waals surface area contributed by atoms with Crippen LogP contribution in [0.1, 0.15) is 76.2 Å². The summed E-state index contributed by atoms with van der Waals surface area (Å²) in [5, 5.41) is 21.1. The molecule has 0 bridgehead atoms. The molecule has 2 aliphatic rings. The fraction of sp³-hybridized carbons (Fsp3) is 0.667. The van der Waals surface area contributed by atoms with Crippen molar-refractivity contribution in [2.75, 3.05) is 19.6 Å². The smallest absolute Gasteiger partial charge is 0.407 e. The minimum Gasteiger partial charge on any atom is -0.465 e. The number of carbonyl (C=O) groups is 2. The third-order valence-corrected chi connectivity index (χ3v) is 7.39. The van der Waals surface area contributed by atoms with E-state index >= 15 is 0 Å². The molecule has 0 spiro atoms. The summed E-state index contributed by atoms with van der Waals surface area (Å²) in [5.74, 6) is -0.617. The summed E-state index contributed by atoms with van der Waals surface area (Å²) in [5.41, 5.74) is -0.178. The van der Waals surface area contributed by atoms with E-state index in [1.807, 2.05) is 29.2 Å². The van der Waals surface area contributed by atoms with Gasteiger partial charge in [-0.05, 0) is 49.8 Å². The third-order valence-electron chi connectivity index (χ3n) is 6.90. The largest absolute Gasteiger partial charge is 0.465 e. The van der Waals surface area contributed by atoms with Gasteiger partial charge in [0.05, 0.1) is 11.5 Å². The number of aliphatic hydroxyl groups is 1. The molecule has 1 heterocycles. The maximum atomic E-state index is 13.7. The maximum absolute atomic E-state index is 13.7. The number of piperidine rings is 1. The van der Waals surface area contributed by atoms with Crippen LogP contribution in [0.25, 0.3) is 0 Å². The van der Waals surface area contributed by atoms with E-state index < -0.39 is 17.6 Å². The topological polar surface area (TPSA) is 81.1 Å². The van der Waals surface area contributed by atoms with Crippen molar-refractivity contribution >= 4 is 27.9 Å². The number of carbonyl (C=O) groups excluding carboxylic acids is 1. The zero-order valence-electron chi connectivity index (χ0n) is 18.4. The second kappa shape index (κ2) is 10.8. The minimum absolute atomic E-state index is 0.0311. The highest BCUT2D eigenvalue weighted by Gasteiger charge is 2.45. The van der Waals surface area contributed by atoms with Gasteiger partial charge in [-0.25, -0.2) is 4.79 Å². The molecule has 1 saturated heterocycles. The Morgan fingerprint density at radius 1 is 1.23 bits per heavy atom. The Kier molecular flexibility index (Phi) is 8.39. The standard InChI is InChI=1S/C24H35BrN2O4/c1-2-3-14-27(23(29)30)20-10-15-26(16-11-20)22(28)21(18-8-7-9-19(25)17-18)24(31)12-5-4-6-13-24/h7-9,17,20-21,31H,2-6,10-16H2,1H3,(H,29,30). The van der Waals surface area contributed by atoms with Gasteiger partial charge in [-0.1, -0.05) is 60.7 Å². The minimum atomic E-state index is -1.03. The molecule has 172 valence electrons. The van der Waals surface area contributed by atoms with Crippen molar-refractivity contribution < 1.29 is 19.8 Å². The Hall–Kier alpha value is -1.60. The molecule has 0 radical (unpaired) electrons. The van der Waals surface area contributed by atoms with E-state index in [9.17, 15) is 19.8 Å². The first-order valence-corrected chi connectivity index (χ1v) is 12.4. The number of hydrogen-bond donors (Lipinski definition) is 2. The average molecular weight is 495 g/mol. The first-order valence-electron chi connectivity index (χ1n) is 11.6. The van der Waals surface area contributed by atoms with E-state index in [0.29, 0.717) is 45.3 Å². The Labute approximate surface area is 193 Å². The first-order chi connectivity index (χ1) is 14.9. The molecular formula is C24H35BrN2O4. The van der Waals surface area contributed by atoms with Crippen molar-refractivity contribution in [3.05, 3.63) is 34.3 Å². The molecule has 1 aliphatic carbocycles. The number of hydrogen-bond acceptors (Lipinski definition) is 3. The van der Waals surface area contributed by atoms with Crippen molar-refractivity contribution in [2.45, 2.75) is 82.3 Å². The van der Waals surface area contributed by atoms with E-state index in [2.05, 4.69) is 22.9 Å². The Balaban J connectivity index is 1.76. The quantitative estimate of drug-likeness (QED) is 0.558. The Morgan fingerprint density at radius 3 is 2.48 bits per heavy atom. The number of unbranched alkanes of at least 4 members (excludes halogenated alkanes) is 1. The molecule has 1 atom stereocenters. The number of halogens is 1. The van der Waals surface area contributed by atoms with Gasteiger partial charge < -0.3 is 20.0 Å². The van der Waals surface area contributed by atoms with Gasteiger partial charge in [0.1, 0.15) is 0 Å². The van der Waals surface area contributed by atoms with Crippen LogP contribution in [0.15, 0.2) is 28.7 Å². The first kappa shape index (κ1) is 24.1. The van der Waals surface area contributed by atoms with E-state index in [0.717, 1.165) is 42.1 Å². The van der Waals surface area contributed by atoms with Crippen LogP contribution in [0.2, 0.25) is 0 Å². The van der Waals surface area contributed by atoms with Gasteiger partial charge in [0.2, 0.25) is 5.91 Å². The molecule has 31 heavy (non-hydrogen) atoms. The Morgan fingerprint density at radius 2 is 1.90 bits per heavy atom. The molecule has 1 aliphatic heterocycles. The van der Waals surface area contributed by atoms with Crippen molar-refractivity contribution in [1.82, 2.24) is 9.80 Å². The fourth-order valence-corrected chi connectivity index (χ4v) is 5.58. The Bertz CT molecular complexity index is 758. The van der Waals surface area contributed by atoms with Crippen LogP contribution in [0.3, 0.4) is 0 Å². The number of nitrogens with zero attached hydrogens (tertiary/aromatic N) is 2. The van der Waals surface area contributed by atoms with Crippen LogP contribution < -0.4 is 0 Å². The fourth-order valence-electron chi connectivity index (χ4n) is 5.16. The summed E-state index contributed by atoms with van der Waals surface area (Å²) < 4.78 is 0.897. The summed E-state index contributed by atoms with van der Waals surface area (Å²) >= 11 is 3.51. The predicted molar refractivity (Wildman–Crippen MR) is 124 cm³/mol. The summed E-state index contributed by atoms with van der Waals surface area (Å²) in [6.07, 6.45) is 6.45. The van der Waals surface area contributed by atoms with Crippen molar-refractivity contribution in [1.29, 1.82) is 0 Å². The van der Waals surface area contributed by atoms with Crippen LogP contribution in [-0.2, 0) is 4.79 Å². The van der Waals surface area contributed by atoms with Crippen molar-refractivity contribution in [3.8, 4) is 0 Å². The van der Waals surface area contributed by atoms with Gasteiger partial charge in [0, 0.05) is 30.1 Å². The van der Waals surface area contributed by atoms with Crippen LogP contribution in [0, 0.1) is 0 Å². The zero-order chi connectivity index (χ0) is 22.4. The lowest BCUT2D eigenvalue weighted by Crippen LogP contribution is -2.53. The van der Waals surface area contributed by atoms with Crippen molar-refractivity contribution in [3.63, 3.8) is 0 Å². The average Bonchev–Trinajstić information content (AvgIpc) is 2.75. The second-order valence-electron chi connectivity index (χ2n) is 9.04. The molecule has 1 aromatic rings. The van der Waals surface area contributed by atoms with Gasteiger partial charge in [0.15, 0.2) is 0 Å². The molecule has 7 heteroatoms. The SMILES string of the molecule is CCCCN(C(=O)O)C1CCN(C(=O)C(c2cccc(Br)c2)C2(O)CCCCC2)CC1. The number of likely N-dealkylation sites (tertiary alicyclic amines) is 1. The van der Waals surface area contributed by atoms with Gasteiger partial charge in [-0.3, -0.25) is 4.79 Å². The molecule has 2 N–H and O–H groups in total. The van der Waals surface area contributed by atoms with Crippen LogP contribution in [0.5, 0.6) is 0 Å². The number of amides is 2. The van der Waals surface area contributed by atoms with Gasteiger partial charge in [-0.15, -0.1) is 0 Å². The van der Waals surface area contributed by atoms with Crippen LogP contribution >= 0.6 is 15.9 Å². The molecule has 2 fully saturated rings. The van der Waals surface area contributed by atoms with E-state index in [1.54, 1.807) is 4.90 Å². The highest BCUT2D eigenvalue weighted by molar-refractivity contribution is 9.10. The van der Waals surface area contributed by atoms with Crippen molar-refractivity contribution in [2.24, 2.45) is 0 Å². The van der Waals surface area contributed by atoms with Gasteiger partial charge in [-0.2, -0.15) is 0 Å². The maximum Gasteiger partial charge on any atom is 0.407 e.